The second kappa shape index (κ2) is 11.2. The molecule has 0 unspecified atom stereocenters. The van der Waals surface area contributed by atoms with Gasteiger partial charge in [-0.1, -0.05) is 24.3 Å². The summed E-state index contributed by atoms with van der Waals surface area (Å²) >= 11 is 0. The minimum Gasteiger partial charge on any atom is -0.496 e. The molecule has 0 spiro atoms. The molecule has 2 aromatic rings. The molecule has 0 amide bonds. The highest BCUT2D eigenvalue weighted by Gasteiger charge is 2.22. The highest BCUT2D eigenvalue weighted by Crippen LogP contribution is 2.22. The molecular weight excluding hydrogens is 394 g/mol. The van der Waals surface area contributed by atoms with Crippen molar-refractivity contribution in [2.45, 2.75) is 32.4 Å². The SMILES string of the molecule is CCNC(=NCc1ccc(C(=O)OC)c(OC)c1)N1CCC(Oc2ccccc2)CC1. The van der Waals surface area contributed by atoms with E-state index in [0.29, 0.717) is 17.9 Å². The molecule has 1 heterocycles. The zero-order valence-corrected chi connectivity index (χ0v) is 18.5. The third kappa shape index (κ3) is 6.13. The molecule has 31 heavy (non-hydrogen) atoms. The first-order valence-electron chi connectivity index (χ1n) is 10.6. The number of piperidine rings is 1. The maximum absolute atomic E-state index is 11.8. The predicted octanol–water partition coefficient (Wildman–Crippen LogP) is 3.49. The van der Waals surface area contributed by atoms with Crippen LogP contribution in [0.2, 0.25) is 0 Å². The third-order valence-electron chi connectivity index (χ3n) is 5.21. The van der Waals surface area contributed by atoms with Crippen LogP contribution in [0.5, 0.6) is 11.5 Å². The van der Waals surface area contributed by atoms with Crippen molar-refractivity contribution in [3.63, 3.8) is 0 Å². The van der Waals surface area contributed by atoms with E-state index >= 15 is 0 Å². The van der Waals surface area contributed by atoms with Crippen LogP contribution < -0.4 is 14.8 Å². The predicted molar refractivity (Wildman–Crippen MR) is 121 cm³/mol. The number of nitrogens with one attached hydrogen (secondary N) is 1. The fourth-order valence-corrected chi connectivity index (χ4v) is 3.58. The Hall–Kier alpha value is -3.22. The number of hydrogen-bond acceptors (Lipinski definition) is 5. The smallest absolute Gasteiger partial charge is 0.341 e. The van der Waals surface area contributed by atoms with Crippen molar-refractivity contribution >= 4 is 11.9 Å². The number of esters is 1. The van der Waals surface area contributed by atoms with Gasteiger partial charge < -0.3 is 24.4 Å². The Bertz CT molecular complexity index is 878. The van der Waals surface area contributed by atoms with Crippen molar-refractivity contribution in [1.29, 1.82) is 0 Å². The largest absolute Gasteiger partial charge is 0.496 e. The molecule has 0 atom stereocenters. The summed E-state index contributed by atoms with van der Waals surface area (Å²) in [6.45, 7) is 5.11. The van der Waals surface area contributed by atoms with Crippen LogP contribution in [0.1, 0.15) is 35.7 Å². The molecule has 0 radical (unpaired) electrons. The number of likely N-dealkylation sites (tertiary alicyclic amines) is 1. The number of methoxy groups -OCH3 is 2. The first-order valence-corrected chi connectivity index (χ1v) is 10.6. The number of hydrogen-bond donors (Lipinski definition) is 1. The van der Waals surface area contributed by atoms with Crippen LogP contribution in [0.4, 0.5) is 0 Å². The van der Waals surface area contributed by atoms with E-state index in [1.165, 1.54) is 7.11 Å². The lowest BCUT2D eigenvalue weighted by Gasteiger charge is -2.34. The number of benzene rings is 2. The van der Waals surface area contributed by atoms with Gasteiger partial charge in [-0.05, 0) is 36.8 Å². The molecule has 1 aliphatic rings. The number of para-hydroxylation sites is 1. The van der Waals surface area contributed by atoms with Gasteiger partial charge in [0.2, 0.25) is 0 Å². The third-order valence-corrected chi connectivity index (χ3v) is 5.21. The van der Waals surface area contributed by atoms with Gasteiger partial charge in [0, 0.05) is 32.5 Å². The van der Waals surface area contributed by atoms with Crippen LogP contribution in [-0.4, -0.2) is 56.8 Å². The Morgan fingerprint density at radius 3 is 2.52 bits per heavy atom. The molecule has 7 nitrogen and oxygen atoms in total. The fraction of sp³-hybridized carbons (Fsp3) is 0.417. The Morgan fingerprint density at radius 2 is 1.87 bits per heavy atom. The van der Waals surface area contributed by atoms with Gasteiger partial charge in [-0.25, -0.2) is 9.79 Å². The lowest BCUT2D eigenvalue weighted by molar-refractivity contribution is 0.0597. The molecule has 2 aromatic carbocycles. The zero-order chi connectivity index (χ0) is 22.1. The minimum absolute atomic E-state index is 0.219. The quantitative estimate of drug-likeness (QED) is 0.416. The van der Waals surface area contributed by atoms with E-state index in [1.54, 1.807) is 13.2 Å². The van der Waals surface area contributed by atoms with E-state index in [9.17, 15) is 4.79 Å². The van der Waals surface area contributed by atoms with E-state index in [0.717, 1.165) is 49.7 Å². The standard InChI is InChI=1S/C24H31N3O4/c1-4-25-24(26-17-18-10-11-21(23(28)30-3)22(16-18)29-2)27-14-12-20(13-15-27)31-19-8-6-5-7-9-19/h5-11,16,20H,4,12-15,17H2,1-3H3,(H,25,26). The second-order valence-electron chi connectivity index (χ2n) is 7.31. The Kier molecular flexibility index (Phi) is 8.15. The maximum Gasteiger partial charge on any atom is 0.341 e. The van der Waals surface area contributed by atoms with Crippen LogP contribution in [0.15, 0.2) is 53.5 Å². The molecule has 0 bridgehead atoms. The first-order chi connectivity index (χ1) is 15.1. The Balaban J connectivity index is 1.62. The van der Waals surface area contributed by atoms with E-state index in [2.05, 4.69) is 17.1 Å². The zero-order valence-electron chi connectivity index (χ0n) is 18.5. The number of ether oxygens (including phenoxy) is 3. The summed E-state index contributed by atoms with van der Waals surface area (Å²) in [5.74, 6) is 1.88. The molecule has 0 aliphatic carbocycles. The van der Waals surface area contributed by atoms with E-state index in [-0.39, 0.29) is 6.10 Å². The minimum atomic E-state index is -0.416. The van der Waals surface area contributed by atoms with Crippen molar-refractivity contribution in [3.8, 4) is 11.5 Å². The molecular formula is C24H31N3O4. The molecule has 1 N–H and O–H groups in total. The summed E-state index contributed by atoms with van der Waals surface area (Å²) in [4.78, 5) is 18.9. The number of carbonyl (C=O) groups excluding carboxylic acids is 1. The van der Waals surface area contributed by atoms with Gasteiger partial charge in [-0.3, -0.25) is 0 Å². The fourth-order valence-electron chi connectivity index (χ4n) is 3.58. The number of aliphatic imine (C=N–C) groups is 1. The molecule has 7 heteroatoms. The lowest BCUT2D eigenvalue weighted by Crippen LogP contribution is -2.47. The summed E-state index contributed by atoms with van der Waals surface area (Å²) in [6, 6.07) is 15.4. The van der Waals surface area contributed by atoms with Crippen LogP contribution in [0.3, 0.4) is 0 Å². The van der Waals surface area contributed by atoms with Crippen molar-refractivity contribution < 1.29 is 19.0 Å². The van der Waals surface area contributed by atoms with Crippen LogP contribution in [0, 0.1) is 0 Å². The van der Waals surface area contributed by atoms with E-state index in [4.69, 9.17) is 19.2 Å². The van der Waals surface area contributed by atoms with Crippen molar-refractivity contribution in [3.05, 3.63) is 59.7 Å². The number of rotatable bonds is 7. The van der Waals surface area contributed by atoms with Crippen LogP contribution in [-0.2, 0) is 11.3 Å². The van der Waals surface area contributed by atoms with Gasteiger partial charge in [0.15, 0.2) is 5.96 Å². The van der Waals surface area contributed by atoms with Crippen molar-refractivity contribution in [2.75, 3.05) is 33.9 Å². The van der Waals surface area contributed by atoms with Gasteiger partial charge in [0.1, 0.15) is 23.2 Å². The maximum atomic E-state index is 11.8. The molecule has 1 fully saturated rings. The van der Waals surface area contributed by atoms with Crippen molar-refractivity contribution in [1.82, 2.24) is 10.2 Å². The van der Waals surface area contributed by atoms with Gasteiger partial charge in [0.25, 0.3) is 0 Å². The second-order valence-corrected chi connectivity index (χ2v) is 7.31. The van der Waals surface area contributed by atoms with Crippen LogP contribution in [0.25, 0.3) is 0 Å². The highest BCUT2D eigenvalue weighted by molar-refractivity contribution is 5.92. The first kappa shape index (κ1) is 22.5. The number of carbonyl (C=O) groups is 1. The topological polar surface area (TPSA) is 72.4 Å². The monoisotopic (exact) mass is 425 g/mol. The summed E-state index contributed by atoms with van der Waals surface area (Å²) in [5.41, 5.74) is 1.37. The van der Waals surface area contributed by atoms with Crippen LogP contribution >= 0.6 is 0 Å². The molecule has 3 rings (SSSR count). The Labute approximate surface area is 184 Å². The molecule has 1 aliphatic heterocycles. The number of nitrogens with zero attached hydrogens (tertiary/aromatic N) is 2. The Morgan fingerprint density at radius 1 is 1.13 bits per heavy atom. The molecule has 0 saturated carbocycles. The van der Waals surface area contributed by atoms with Gasteiger partial charge >= 0.3 is 5.97 Å². The average Bonchev–Trinajstić information content (AvgIpc) is 2.82. The molecule has 0 aromatic heterocycles. The van der Waals surface area contributed by atoms with Gasteiger partial charge in [-0.15, -0.1) is 0 Å². The summed E-state index contributed by atoms with van der Waals surface area (Å²) in [7, 11) is 2.90. The average molecular weight is 426 g/mol. The lowest BCUT2D eigenvalue weighted by atomic mass is 10.1. The highest BCUT2D eigenvalue weighted by atomic mass is 16.5. The summed E-state index contributed by atoms with van der Waals surface area (Å²) in [6.07, 6.45) is 2.11. The molecule has 166 valence electrons. The van der Waals surface area contributed by atoms with E-state index in [1.807, 2.05) is 42.5 Å². The number of guanidine groups is 1. The van der Waals surface area contributed by atoms with Crippen molar-refractivity contribution in [2.24, 2.45) is 4.99 Å². The summed E-state index contributed by atoms with van der Waals surface area (Å²) < 4.78 is 16.3. The molecule has 1 saturated heterocycles. The van der Waals surface area contributed by atoms with Gasteiger partial charge in [0.05, 0.1) is 20.8 Å². The van der Waals surface area contributed by atoms with E-state index < -0.39 is 5.97 Å². The normalized spacial score (nSPS) is 14.8. The van der Waals surface area contributed by atoms with Gasteiger partial charge in [-0.2, -0.15) is 0 Å². The summed E-state index contributed by atoms with van der Waals surface area (Å²) in [5, 5.41) is 3.38.